The number of hydrogen-bond donors (Lipinski definition) is 1. The van der Waals surface area contributed by atoms with E-state index in [1.807, 2.05) is 6.07 Å². The van der Waals surface area contributed by atoms with E-state index in [2.05, 4.69) is 56.4 Å². The summed E-state index contributed by atoms with van der Waals surface area (Å²) in [6.07, 6.45) is 3.82. The molecule has 1 aliphatic carbocycles. The number of ether oxygens (including phenoxy) is 1. The second-order valence-electron chi connectivity index (χ2n) is 7.41. The van der Waals surface area contributed by atoms with Gasteiger partial charge in [0.2, 0.25) is 0 Å². The van der Waals surface area contributed by atoms with Gasteiger partial charge in [-0.1, -0.05) is 13.8 Å². The first-order valence-electron chi connectivity index (χ1n) is 9.44. The summed E-state index contributed by atoms with van der Waals surface area (Å²) in [5.74, 6) is 2.76. The Morgan fingerprint density at radius 1 is 1.12 bits per heavy atom. The average Bonchev–Trinajstić information content (AvgIpc) is 2.65. The lowest BCUT2D eigenvalue weighted by Gasteiger charge is -2.36. The van der Waals surface area contributed by atoms with E-state index < -0.39 is 0 Å². The fourth-order valence-electron chi connectivity index (χ4n) is 3.46. The summed E-state index contributed by atoms with van der Waals surface area (Å²) < 4.78 is 5.42. The van der Waals surface area contributed by atoms with E-state index in [9.17, 15) is 0 Å². The Kier molecular flexibility index (Phi) is 4.97. The summed E-state index contributed by atoms with van der Waals surface area (Å²) in [4.78, 5) is 11.2. The summed E-state index contributed by atoms with van der Waals surface area (Å²) >= 11 is 0. The minimum atomic E-state index is 0.406. The van der Waals surface area contributed by atoms with Crippen molar-refractivity contribution in [2.45, 2.75) is 44.6 Å². The van der Waals surface area contributed by atoms with Gasteiger partial charge in [-0.2, -0.15) is 5.10 Å². The predicted octanol–water partition coefficient (Wildman–Crippen LogP) is 2.58. The Morgan fingerprint density at radius 2 is 1.92 bits per heavy atom. The monoisotopic (exact) mass is 354 g/mol. The third kappa shape index (κ3) is 3.77. The predicted molar refractivity (Wildman–Crippen MR) is 101 cm³/mol. The minimum absolute atomic E-state index is 0.406. The topological polar surface area (TPSA) is 76.1 Å². The van der Waals surface area contributed by atoms with Gasteiger partial charge in [0, 0.05) is 36.8 Å². The Labute approximate surface area is 154 Å². The molecule has 3 heterocycles. The van der Waals surface area contributed by atoms with Crippen LogP contribution in [0.3, 0.4) is 0 Å². The highest BCUT2D eigenvalue weighted by Crippen LogP contribution is 2.38. The van der Waals surface area contributed by atoms with Crippen molar-refractivity contribution in [2.75, 3.05) is 36.5 Å². The van der Waals surface area contributed by atoms with Crippen LogP contribution in [-0.2, 0) is 4.74 Å². The third-order valence-corrected chi connectivity index (χ3v) is 5.19. The molecule has 7 heteroatoms. The molecule has 2 aromatic heterocycles. The Morgan fingerprint density at radius 3 is 2.62 bits per heavy atom. The molecule has 2 aromatic rings. The maximum absolute atomic E-state index is 5.42. The maximum Gasteiger partial charge on any atom is 0.148 e. The van der Waals surface area contributed by atoms with Crippen LogP contribution in [0.4, 0.5) is 11.6 Å². The van der Waals surface area contributed by atoms with Gasteiger partial charge in [-0.15, -0.1) is 5.10 Å². The molecular formula is C19H26N6O. The number of hydrogen-bond acceptors (Lipinski definition) is 7. The molecule has 0 atom stereocenters. The first-order chi connectivity index (χ1) is 12.7. The highest BCUT2D eigenvalue weighted by molar-refractivity contribution is 5.41. The van der Waals surface area contributed by atoms with Crippen LogP contribution >= 0.6 is 0 Å². The summed E-state index contributed by atoms with van der Waals surface area (Å²) in [7, 11) is 0. The number of nitrogens with zero attached hydrogens (tertiary/aromatic N) is 5. The minimum Gasteiger partial charge on any atom is -0.378 e. The van der Waals surface area contributed by atoms with Crippen LogP contribution in [0.25, 0.3) is 0 Å². The van der Waals surface area contributed by atoms with Gasteiger partial charge in [-0.25, -0.2) is 9.97 Å². The van der Waals surface area contributed by atoms with Crippen molar-refractivity contribution < 1.29 is 4.74 Å². The molecule has 7 nitrogen and oxygen atoms in total. The molecule has 1 N–H and O–H groups in total. The van der Waals surface area contributed by atoms with Gasteiger partial charge < -0.3 is 15.0 Å². The summed E-state index contributed by atoms with van der Waals surface area (Å²) in [5.41, 5.74) is 2.17. The quantitative estimate of drug-likeness (QED) is 0.884. The lowest BCUT2D eigenvalue weighted by Crippen LogP contribution is -2.37. The highest BCUT2D eigenvalue weighted by atomic mass is 16.5. The van der Waals surface area contributed by atoms with E-state index in [0.717, 1.165) is 62.2 Å². The highest BCUT2D eigenvalue weighted by Gasteiger charge is 2.32. The van der Waals surface area contributed by atoms with Gasteiger partial charge in [-0.05, 0) is 30.9 Å². The molecule has 0 unspecified atom stereocenters. The molecule has 26 heavy (non-hydrogen) atoms. The molecular weight excluding hydrogens is 328 g/mol. The molecule has 4 rings (SSSR count). The smallest absolute Gasteiger partial charge is 0.148 e. The van der Waals surface area contributed by atoms with Crippen LogP contribution in [0.15, 0.2) is 24.5 Å². The van der Waals surface area contributed by atoms with Crippen LogP contribution in [-0.4, -0.2) is 52.5 Å². The second-order valence-corrected chi connectivity index (χ2v) is 7.41. The van der Waals surface area contributed by atoms with Crippen molar-refractivity contribution in [1.82, 2.24) is 20.2 Å². The van der Waals surface area contributed by atoms with E-state index >= 15 is 0 Å². The molecule has 1 saturated carbocycles. The SMILES string of the molecule is CC(C)c1ccc(NC2CC(c3cc(N4CCOCC4)ncn3)C2)nn1. The lowest BCUT2D eigenvalue weighted by atomic mass is 9.78. The molecule has 1 saturated heterocycles. The van der Waals surface area contributed by atoms with Crippen molar-refractivity contribution in [1.29, 1.82) is 0 Å². The van der Waals surface area contributed by atoms with Gasteiger partial charge in [0.1, 0.15) is 18.0 Å². The van der Waals surface area contributed by atoms with Gasteiger partial charge in [0.25, 0.3) is 0 Å². The normalized spacial score (nSPS) is 23.0. The van der Waals surface area contributed by atoms with E-state index in [1.54, 1.807) is 6.33 Å². The summed E-state index contributed by atoms with van der Waals surface area (Å²) in [5, 5.41) is 12.0. The van der Waals surface area contributed by atoms with E-state index in [-0.39, 0.29) is 0 Å². The summed E-state index contributed by atoms with van der Waals surface area (Å²) in [6.45, 7) is 7.59. The third-order valence-electron chi connectivity index (χ3n) is 5.19. The van der Waals surface area contributed by atoms with Gasteiger partial charge >= 0.3 is 0 Å². The fourth-order valence-corrected chi connectivity index (χ4v) is 3.46. The molecule has 0 amide bonds. The van der Waals surface area contributed by atoms with Gasteiger partial charge in [0.05, 0.1) is 18.9 Å². The number of anilines is 2. The van der Waals surface area contributed by atoms with Crippen molar-refractivity contribution in [3.05, 3.63) is 35.9 Å². The molecule has 1 aliphatic heterocycles. The molecule has 0 spiro atoms. The first-order valence-corrected chi connectivity index (χ1v) is 9.44. The van der Waals surface area contributed by atoms with Crippen LogP contribution in [0.5, 0.6) is 0 Å². The fraction of sp³-hybridized carbons (Fsp3) is 0.579. The molecule has 0 radical (unpaired) electrons. The van der Waals surface area contributed by atoms with Gasteiger partial charge in [0.15, 0.2) is 0 Å². The average molecular weight is 354 g/mol. The molecule has 0 bridgehead atoms. The van der Waals surface area contributed by atoms with Crippen molar-refractivity contribution >= 4 is 11.6 Å². The zero-order chi connectivity index (χ0) is 17.9. The lowest BCUT2D eigenvalue weighted by molar-refractivity contribution is 0.122. The number of rotatable bonds is 5. The first kappa shape index (κ1) is 17.1. The maximum atomic E-state index is 5.42. The Bertz CT molecular complexity index is 723. The molecule has 0 aromatic carbocycles. The second kappa shape index (κ2) is 7.53. The summed E-state index contributed by atoms with van der Waals surface area (Å²) in [6, 6.07) is 6.65. The molecule has 2 aliphatic rings. The van der Waals surface area contributed by atoms with Crippen molar-refractivity contribution in [2.24, 2.45) is 0 Å². The number of nitrogens with one attached hydrogen (secondary N) is 1. The van der Waals surface area contributed by atoms with Crippen LogP contribution in [0, 0.1) is 0 Å². The Hall–Kier alpha value is -2.28. The van der Waals surface area contributed by atoms with Crippen molar-refractivity contribution in [3.63, 3.8) is 0 Å². The molecule has 2 fully saturated rings. The van der Waals surface area contributed by atoms with E-state index in [0.29, 0.717) is 17.9 Å². The number of morpholine rings is 1. The standard InChI is InChI=1S/C19H26N6O/c1-13(2)16-3-4-18(24-23-16)22-15-9-14(10-15)17-11-19(21-12-20-17)25-5-7-26-8-6-25/h3-4,11-15H,5-10H2,1-2H3,(H,22,24). The van der Waals surface area contributed by atoms with Gasteiger partial charge in [-0.3, -0.25) is 0 Å². The number of aromatic nitrogens is 4. The van der Waals surface area contributed by atoms with Crippen LogP contribution < -0.4 is 10.2 Å². The van der Waals surface area contributed by atoms with Crippen LogP contribution in [0.1, 0.15) is 49.9 Å². The zero-order valence-electron chi connectivity index (χ0n) is 15.4. The van der Waals surface area contributed by atoms with Crippen molar-refractivity contribution in [3.8, 4) is 0 Å². The Balaban J connectivity index is 1.33. The molecule has 138 valence electrons. The van der Waals surface area contributed by atoms with E-state index in [1.165, 1.54) is 0 Å². The zero-order valence-corrected chi connectivity index (χ0v) is 15.4. The largest absolute Gasteiger partial charge is 0.378 e. The van der Waals surface area contributed by atoms with E-state index in [4.69, 9.17) is 4.74 Å². The van der Waals surface area contributed by atoms with Crippen LogP contribution in [0.2, 0.25) is 0 Å².